The number of fused-ring (bicyclic) bond motifs is 1. The molecule has 0 bridgehead atoms. The van der Waals surface area contributed by atoms with E-state index in [2.05, 4.69) is 5.32 Å². The first-order valence-electron chi connectivity index (χ1n) is 9.55. The number of rotatable bonds is 4. The quantitative estimate of drug-likeness (QED) is 0.305. The van der Waals surface area contributed by atoms with E-state index >= 15 is 0 Å². The van der Waals surface area contributed by atoms with Crippen LogP contribution >= 0.6 is 23.8 Å². The minimum absolute atomic E-state index is 0.00430. The molecule has 0 amide bonds. The summed E-state index contributed by atoms with van der Waals surface area (Å²) in [5.41, 5.74) is 1.61. The van der Waals surface area contributed by atoms with Crippen LogP contribution in [0.5, 0.6) is 11.5 Å². The lowest BCUT2D eigenvalue weighted by Gasteiger charge is -2.37. The maximum Gasteiger partial charge on any atom is 0.337 e. The second-order valence-electron chi connectivity index (χ2n) is 7.00. The first-order valence-corrected chi connectivity index (χ1v) is 10.3. The number of nitro groups is 1. The van der Waals surface area contributed by atoms with Crippen LogP contribution in [-0.2, 0) is 9.53 Å². The Bertz CT molecular complexity index is 1170. The minimum atomic E-state index is -0.764. The minimum Gasteiger partial charge on any atom is -0.486 e. The van der Waals surface area contributed by atoms with Gasteiger partial charge in [-0.1, -0.05) is 17.7 Å². The zero-order chi connectivity index (χ0) is 23.0. The van der Waals surface area contributed by atoms with Crippen molar-refractivity contribution in [2.45, 2.75) is 13.0 Å². The molecule has 0 unspecified atom stereocenters. The molecule has 0 spiro atoms. The molecule has 0 saturated carbocycles. The van der Waals surface area contributed by atoms with Crippen molar-refractivity contribution in [3.05, 3.63) is 68.4 Å². The number of anilines is 1. The molecule has 11 heteroatoms. The lowest BCUT2D eigenvalue weighted by molar-refractivity contribution is -0.384. The number of ether oxygens (including phenoxy) is 3. The first kappa shape index (κ1) is 21.8. The van der Waals surface area contributed by atoms with E-state index < -0.39 is 16.9 Å². The monoisotopic (exact) mass is 475 g/mol. The normalized spacial score (nSPS) is 17.7. The molecule has 2 aliphatic heterocycles. The first-order chi connectivity index (χ1) is 15.3. The van der Waals surface area contributed by atoms with Crippen LogP contribution in [-0.4, -0.2) is 36.3 Å². The van der Waals surface area contributed by atoms with Crippen LogP contribution in [0, 0.1) is 10.1 Å². The Kier molecular flexibility index (Phi) is 5.90. The van der Waals surface area contributed by atoms with Gasteiger partial charge in [-0.15, -0.1) is 0 Å². The number of halogens is 1. The summed E-state index contributed by atoms with van der Waals surface area (Å²) in [4.78, 5) is 25.2. The predicted molar refractivity (Wildman–Crippen MR) is 121 cm³/mol. The number of hydrogen-bond donors (Lipinski definition) is 1. The number of esters is 1. The third-order valence-corrected chi connectivity index (χ3v) is 5.79. The van der Waals surface area contributed by atoms with E-state index in [1.165, 1.54) is 19.2 Å². The SMILES string of the molecule is COC(=O)C1=C(C)N(c2ccc3c(c2)OCCO3)C(=S)N[C@@H]1c1ccc(Cl)c([N+](=O)[O-])c1. The molecular formula is C21H18ClN3O6S. The second kappa shape index (κ2) is 8.64. The molecule has 9 nitrogen and oxygen atoms in total. The Morgan fingerprint density at radius 2 is 1.97 bits per heavy atom. The fourth-order valence-corrected chi connectivity index (χ4v) is 4.25. The fourth-order valence-electron chi connectivity index (χ4n) is 3.70. The lowest BCUT2D eigenvalue weighted by atomic mass is 9.94. The molecule has 2 heterocycles. The zero-order valence-electron chi connectivity index (χ0n) is 17.1. The van der Waals surface area contributed by atoms with Gasteiger partial charge in [0.15, 0.2) is 16.6 Å². The van der Waals surface area contributed by atoms with Crippen molar-refractivity contribution in [2.75, 3.05) is 25.2 Å². The van der Waals surface area contributed by atoms with Gasteiger partial charge in [-0.05, 0) is 42.9 Å². The summed E-state index contributed by atoms with van der Waals surface area (Å²) in [6, 6.07) is 8.91. The van der Waals surface area contributed by atoms with Gasteiger partial charge in [0, 0.05) is 17.8 Å². The van der Waals surface area contributed by atoms with Crippen molar-refractivity contribution in [3.63, 3.8) is 0 Å². The van der Waals surface area contributed by atoms with Gasteiger partial charge in [-0.2, -0.15) is 0 Å². The van der Waals surface area contributed by atoms with Crippen LogP contribution in [0.2, 0.25) is 5.02 Å². The van der Waals surface area contributed by atoms with Crippen LogP contribution in [0.3, 0.4) is 0 Å². The maximum atomic E-state index is 12.8. The van der Waals surface area contributed by atoms with E-state index in [4.69, 9.17) is 38.0 Å². The maximum absolute atomic E-state index is 12.8. The molecule has 1 N–H and O–H groups in total. The summed E-state index contributed by atoms with van der Waals surface area (Å²) in [6.07, 6.45) is 0. The third-order valence-electron chi connectivity index (χ3n) is 5.17. The highest BCUT2D eigenvalue weighted by atomic mass is 35.5. The molecule has 1 atom stereocenters. The van der Waals surface area contributed by atoms with Crippen molar-refractivity contribution in [3.8, 4) is 11.5 Å². The van der Waals surface area contributed by atoms with E-state index in [0.717, 1.165) is 0 Å². The summed E-state index contributed by atoms with van der Waals surface area (Å²) < 4.78 is 16.2. The van der Waals surface area contributed by atoms with Crippen LogP contribution < -0.4 is 19.7 Å². The van der Waals surface area contributed by atoms with Gasteiger partial charge in [-0.3, -0.25) is 15.0 Å². The largest absolute Gasteiger partial charge is 0.486 e. The number of allylic oxidation sites excluding steroid dienone is 1. The Morgan fingerprint density at radius 1 is 1.25 bits per heavy atom. The lowest BCUT2D eigenvalue weighted by Crippen LogP contribution is -2.48. The standard InChI is InChI=1S/C21H18ClN3O6S/c1-11-18(20(26)29-2)19(12-3-5-14(22)15(9-12)25(27)28)23-21(32)24(11)13-4-6-16-17(10-13)31-8-7-30-16/h3-6,9-10,19H,7-8H2,1-2H3,(H,23,32)/t19-/m1/s1. The summed E-state index contributed by atoms with van der Waals surface area (Å²) in [6.45, 7) is 2.63. The molecule has 0 saturated heterocycles. The Hall–Kier alpha value is -3.37. The molecule has 2 aromatic rings. The number of nitrogens with one attached hydrogen (secondary N) is 1. The fraction of sp³-hybridized carbons (Fsp3) is 0.238. The topological polar surface area (TPSA) is 103 Å². The van der Waals surface area contributed by atoms with E-state index in [0.29, 0.717) is 46.8 Å². The number of nitrogens with zero attached hydrogens (tertiary/aromatic N) is 2. The number of carbonyl (C=O) groups excluding carboxylic acids is 1. The van der Waals surface area contributed by atoms with Gasteiger partial charge < -0.3 is 19.5 Å². The van der Waals surface area contributed by atoms with E-state index in [1.54, 1.807) is 36.1 Å². The molecule has 4 rings (SSSR count). The van der Waals surface area contributed by atoms with Gasteiger partial charge in [0.25, 0.3) is 5.69 Å². The molecule has 32 heavy (non-hydrogen) atoms. The average Bonchev–Trinajstić information content (AvgIpc) is 2.78. The Morgan fingerprint density at radius 3 is 2.66 bits per heavy atom. The van der Waals surface area contributed by atoms with E-state index in [1.807, 2.05) is 0 Å². The molecule has 2 aromatic carbocycles. The molecule has 0 aliphatic carbocycles. The number of hydrogen-bond acceptors (Lipinski definition) is 7. The number of nitro benzene ring substituents is 1. The smallest absolute Gasteiger partial charge is 0.337 e. The zero-order valence-corrected chi connectivity index (χ0v) is 18.7. The van der Waals surface area contributed by atoms with Gasteiger partial charge in [0.2, 0.25) is 0 Å². The predicted octanol–water partition coefficient (Wildman–Crippen LogP) is 3.90. The van der Waals surface area contributed by atoms with Crippen molar-refractivity contribution in [1.82, 2.24) is 5.32 Å². The van der Waals surface area contributed by atoms with Crippen molar-refractivity contribution in [2.24, 2.45) is 0 Å². The number of benzene rings is 2. The highest BCUT2D eigenvalue weighted by Crippen LogP contribution is 2.39. The molecule has 2 aliphatic rings. The number of thiocarbonyl (C=S) groups is 1. The molecule has 0 fully saturated rings. The van der Waals surface area contributed by atoms with Crippen LogP contribution in [0.25, 0.3) is 0 Å². The van der Waals surface area contributed by atoms with Crippen molar-refractivity contribution < 1.29 is 23.9 Å². The second-order valence-corrected chi connectivity index (χ2v) is 7.80. The number of methoxy groups -OCH3 is 1. The van der Waals surface area contributed by atoms with Gasteiger partial charge in [-0.25, -0.2) is 4.79 Å². The summed E-state index contributed by atoms with van der Waals surface area (Å²) in [5.74, 6) is 0.596. The summed E-state index contributed by atoms with van der Waals surface area (Å²) in [7, 11) is 1.27. The van der Waals surface area contributed by atoms with Crippen LogP contribution in [0.1, 0.15) is 18.5 Å². The summed E-state index contributed by atoms with van der Waals surface area (Å²) in [5, 5.41) is 14.8. The third kappa shape index (κ3) is 3.82. The van der Waals surface area contributed by atoms with Gasteiger partial charge in [0.05, 0.1) is 29.3 Å². The van der Waals surface area contributed by atoms with Gasteiger partial charge in [0.1, 0.15) is 18.2 Å². The van der Waals surface area contributed by atoms with Crippen molar-refractivity contribution >= 4 is 46.3 Å². The van der Waals surface area contributed by atoms with Gasteiger partial charge >= 0.3 is 5.97 Å². The highest BCUT2D eigenvalue weighted by Gasteiger charge is 2.36. The molecule has 0 aromatic heterocycles. The van der Waals surface area contributed by atoms with Crippen LogP contribution in [0.15, 0.2) is 47.7 Å². The molecule has 166 valence electrons. The summed E-state index contributed by atoms with van der Waals surface area (Å²) >= 11 is 11.6. The van der Waals surface area contributed by atoms with E-state index in [9.17, 15) is 14.9 Å². The highest BCUT2D eigenvalue weighted by molar-refractivity contribution is 7.80. The Labute approximate surface area is 193 Å². The Balaban J connectivity index is 1.82. The average molecular weight is 476 g/mol. The molecule has 0 radical (unpaired) electrons. The molecular weight excluding hydrogens is 458 g/mol. The van der Waals surface area contributed by atoms with Crippen LogP contribution in [0.4, 0.5) is 11.4 Å². The van der Waals surface area contributed by atoms with Crippen molar-refractivity contribution in [1.29, 1.82) is 0 Å². The van der Waals surface area contributed by atoms with E-state index in [-0.39, 0.29) is 16.3 Å². The number of carbonyl (C=O) groups is 1.